The van der Waals surface area contributed by atoms with Crippen molar-refractivity contribution in [3.05, 3.63) is 0 Å². The minimum Gasteiger partial charge on any atom is -0.481 e. The van der Waals surface area contributed by atoms with E-state index in [4.69, 9.17) is 36.8 Å². The van der Waals surface area contributed by atoms with Gasteiger partial charge in [0.15, 0.2) is 33.0 Å². The van der Waals surface area contributed by atoms with Gasteiger partial charge in [0.25, 0.3) is 11.9 Å². The van der Waals surface area contributed by atoms with E-state index in [1.165, 1.54) is 120 Å². The summed E-state index contributed by atoms with van der Waals surface area (Å²) in [5.41, 5.74) is 0. The lowest BCUT2D eigenvalue weighted by Crippen LogP contribution is -2.26. The Balaban J connectivity index is -0.0000000253. The van der Waals surface area contributed by atoms with Crippen LogP contribution in [0.2, 0.25) is 0 Å². The molecule has 0 saturated carbocycles. The van der Waals surface area contributed by atoms with Crippen LogP contribution in [0.4, 0.5) is 0 Å². The molecular formula is C61H143ClN2O37. The normalized spacial score (nSPS) is 6.96. The summed E-state index contributed by atoms with van der Waals surface area (Å²) >= 11 is 4.98. The molecular weight excluding hydrogens is 1390 g/mol. The molecule has 0 saturated heterocycles. The minimum absolute atomic E-state index is 0. The summed E-state index contributed by atoms with van der Waals surface area (Å²) in [6.45, 7) is 2.09. The number of carboxylic acid groups (broad SMARTS) is 1. The van der Waals surface area contributed by atoms with Crippen molar-refractivity contribution in [1.82, 2.24) is 10.6 Å². The number of rotatable bonds is 21. The van der Waals surface area contributed by atoms with Crippen molar-refractivity contribution in [3.63, 3.8) is 0 Å². The fourth-order valence-electron chi connectivity index (χ4n) is 1.95. The van der Waals surface area contributed by atoms with Crippen molar-refractivity contribution in [2.45, 2.75) is 132 Å². The topological polar surface area (TPSA) is 535 Å². The molecule has 101 heavy (non-hydrogen) atoms. The van der Waals surface area contributed by atoms with Crippen LogP contribution in [0, 0.1) is 0 Å². The Morgan fingerprint density at radius 1 is 0.277 bits per heavy atom. The van der Waals surface area contributed by atoms with Gasteiger partial charge in [-0.1, -0.05) is 104 Å². The second kappa shape index (κ2) is 151. The Morgan fingerprint density at radius 3 is 0.564 bits per heavy atom. The maximum atomic E-state index is 10.5. The third-order valence-electron chi connectivity index (χ3n) is 5.70. The second-order valence-electron chi connectivity index (χ2n) is 12.3. The van der Waals surface area contributed by atoms with Gasteiger partial charge in [-0.3, -0.25) is 33.6 Å². The van der Waals surface area contributed by atoms with Gasteiger partial charge < -0.3 is 112 Å². The molecule has 0 bridgehead atoms. The Kier molecular flexibility index (Phi) is 261. The summed E-state index contributed by atoms with van der Waals surface area (Å²) in [6.07, 6.45) is 0. The molecule has 0 fully saturated rings. The number of likely N-dealkylation sites (N-methyl/N-ethyl adjacent to an activating group) is 2. The number of nitrogens with one attached hydrogen (secondary N) is 2. The molecule has 39 nitrogen and oxygen atoms in total. The highest BCUT2D eigenvalue weighted by Crippen LogP contribution is 1.83. The van der Waals surface area contributed by atoms with Crippen molar-refractivity contribution in [2.24, 2.45) is 0 Å². The van der Waals surface area contributed by atoms with Gasteiger partial charge in [0.2, 0.25) is 5.91 Å². The average Bonchev–Trinajstić information content (AvgIpc) is 2.51. The van der Waals surface area contributed by atoms with Crippen LogP contribution >= 0.6 is 11.6 Å². The van der Waals surface area contributed by atoms with Crippen molar-refractivity contribution in [1.29, 1.82) is 0 Å². The van der Waals surface area contributed by atoms with Crippen molar-refractivity contribution in [3.8, 4) is 0 Å². The van der Waals surface area contributed by atoms with Crippen LogP contribution in [0.15, 0.2) is 0 Å². The number of esters is 13. The predicted octanol–water partition coefficient (Wildman–Crippen LogP) is 3.93. The largest absolute Gasteiger partial charge is 0.481 e. The van der Waals surface area contributed by atoms with Crippen molar-refractivity contribution < 1.29 is 178 Å². The lowest BCUT2D eigenvalue weighted by Gasteiger charge is -2.01. The maximum Gasteiger partial charge on any atom is 0.344 e. The van der Waals surface area contributed by atoms with Gasteiger partial charge in [-0.2, -0.15) is 0 Å². The number of carbonyl (C=O) groups is 16. The molecule has 0 spiro atoms. The van der Waals surface area contributed by atoms with Crippen LogP contribution in [0.3, 0.4) is 0 Å². The first-order valence-corrected chi connectivity index (χ1v) is 23.3. The zero-order valence-corrected chi connectivity index (χ0v) is 52.9. The quantitative estimate of drug-likeness (QED) is 0.0538. The van der Waals surface area contributed by atoms with Gasteiger partial charge in [0.1, 0.15) is 45.5 Å². The molecule has 6 N–H and O–H groups in total. The van der Waals surface area contributed by atoms with Gasteiger partial charge >= 0.3 is 77.6 Å². The van der Waals surface area contributed by atoms with Crippen molar-refractivity contribution in [2.75, 3.05) is 185 Å². The molecule has 626 valence electrons. The number of carboxylic acids is 1. The maximum absolute atomic E-state index is 10.5. The van der Waals surface area contributed by atoms with Crippen LogP contribution in [-0.2, 0) is 157 Å². The first-order valence-electron chi connectivity index (χ1n) is 22.7. The summed E-state index contributed by atoms with van der Waals surface area (Å²) in [6, 6.07) is 0. The molecule has 0 unspecified atom stereocenters. The number of aliphatic hydroxyl groups excluding tert-OH is 3. The van der Waals surface area contributed by atoms with E-state index < -0.39 is 84.8 Å². The molecule has 0 aromatic rings. The Morgan fingerprint density at radius 2 is 0.455 bits per heavy atom. The molecule has 0 heterocycles. The molecule has 40 heteroatoms. The molecule has 0 rings (SSSR count). The summed E-state index contributed by atoms with van der Waals surface area (Å²) in [7, 11) is 19.6. The summed E-state index contributed by atoms with van der Waals surface area (Å²) < 4.78 is 72.8. The van der Waals surface area contributed by atoms with Gasteiger partial charge in [-0.25, -0.2) is 43.2 Å². The third-order valence-corrected chi connectivity index (χ3v) is 5.92. The third kappa shape index (κ3) is 247. The van der Waals surface area contributed by atoms with Gasteiger partial charge in [-0.15, -0.1) is 11.6 Å². The number of halogens is 1. The second-order valence-corrected chi connectivity index (χ2v) is 12.6. The summed E-state index contributed by atoms with van der Waals surface area (Å²) in [5, 5.41) is 34.7. The number of aliphatic hydroxyl groups is 3. The Labute approximate surface area is 610 Å². The number of carbonyl (C=O) groups excluding carboxylic acids is 15. The van der Waals surface area contributed by atoms with E-state index in [0.717, 1.165) is 14.0 Å². The van der Waals surface area contributed by atoms with E-state index >= 15 is 0 Å². The number of amides is 2. The molecule has 0 aliphatic carbocycles. The highest BCUT2D eigenvalue weighted by atomic mass is 35.5. The zero-order valence-electron chi connectivity index (χ0n) is 52.1. The SMILES string of the molecule is C.C.C.C.C.C.C.C.C.C.C.C.C.C.CC(=O)O.CNC(=O)CO.CNC(=O)COC(=O)COC.CO.COC(=O)CCl.COC(=O)CO.COC(=O)COC(C)=O.COC(=O)COC(C)=O.COC(=O)COC(C)=O.COCC(=O)OC.COCC(=O)OC.COCC(=O)OCC(=O)OC. The summed E-state index contributed by atoms with van der Waals surface area (Å²) in [4.78, 5) is 161. The molecule has 0 aliphatic rings. The lowest BCUT2D eigenvalue weighted by molar-refractivity contribution is -0.159. The van der Waals surface area contributed by atoms with Crippen LogP contribution in [0.25, 0.3) is 0 Å². The Bertz CT molecular complexity index is 1640. The predicted molar refractivity (Wildman–Crippen MR) is 384 cm³/mol. The smallest absolute Gasteiger partial charge is 0.344 e. The number of hydrogen-bond acceptors (Lipinski definition) is 36. The number of ether oxygens (including phenoxy) is 17. The number of aliphatic carboxylic acids is 1. The standard InChI is InChI=1S/C6H11NO4.C6H10O5.3C5H8O4.2C4H8O3.C3H5ClO2.C3H7NO2.C3H6O3.C2H4O2.CH4O.14CH4/c1-7-5(8)3-11-6(9)4-10-2;1-9-3-6(8)11-4-5(7)10-2;3*1-4(6)9-3-5(7)8-2;2*1-6-3-4(5)7-2;1-6-3(5)2-4;1-4-3(6)2-5;1-6-3(5)2-4;1-2(3)4;1-2;;;;;;;;;;;;;;/h3-4H2,1-2H3,(H,7,8);3-4H2,1-2H3;3*3H2,1-2H3;2*3H2,1-2H3;2H2,1H3;5H,2H2,1H3,(H,4,6);4H,2H2,1H3;1H3,(H,3,4);2H,1H3;14*1H4. The van der Waals surface area contributed by atoms with Crippen LogP contribution in [0.1, 0.15) is 132 Å². The summed E-state index contributed by atoms with van der Waals surface area (Å²) in [5.74, 6) is -8.09. The molecule has 0 aromatic carbocycles. The Hall–Kier alpha value is -8.47. The molecule has 0 atom stereocenters. The van der Waals surface area contributed by atoms with Crippen molar-refractivity contribution >= 4 is 107 Å². The first-order chi connectivity index (χ1) is 40.7. The molecule has 0 aromatic heterocycles. The minimum atomic E-state index is -0.833. The number of hydrogen-bond donors (Lipinski definition) is 6. The monoisotopic (exact) mass is 1530 g/mol. The van der Waals surface area contributed by atoms with Gasteiger partial charge in [0, 0.05) is 77.3 Å². The highest BCUT2D eigenvalue weighted by molar-refractivity contribution is 6.26. The van der Waals surface area contributed by atoms with Gasteiger partial charge in [-0.05, 0) is 0 Å². The van der Waals surface area contributed by atoms with E-state index in [9.17, 15) is 71.9 Å². The number of alkyl halides is 1. The molecule has 0 radical (unpaired) electrons. The van der Waals surface area contributed by atoms with Crippen LogP contribution in [0.5, 0.6) is 0 Å². The molecule has 2 amide bonds. The van der Waals surface area contributed by atoms with E-state index in [-0.39, 0.29) is 193 Å². The van der Waals surface area contributed by atoms with Crippen LogP contribution in [-0.4, -0.2) is 301 Å². The fourth-order valence-corrected chi connectivity index (χ4v) is 2.05. The van der Waals surface area contributed by atoms with Crippen LogP contribution < -0.4 is 10.6 Å². The van der Waals surface area contributed by atoms with Gasteiger partial charge in [0.05, 0.1) is 56.9 Å². The fraction of sp³-hybridized carbons (Fsp3) is 0.738. The zero-order chi connectivity index (χ0) is 71.2. The molecule has 0 aliphatic heterocycles. The average molecular weight is 1530 g/mol. The lowest BCUT2D eigenvalue weighted by atomic mass is 10.6. The number of methoxy groups -OCH3 is 12. The van der Waals surface area contributed by atoms with E-state index in [1.807, 2.05) is 0 Å². The highest BCUT2D eigenvalue weighted by Gasteiger charge is 2.07. The van der Waals surface area contributed by atoms with E-state index in [1.54, 1.807) is 0 Å². The van der Waals surface area contributed by atoms with E-state index in [0.29, 0.717) is 0 Å². The van der Waals surface area contributed by atoms with E-state index in [2.05, 4.69) is 91.2 Å². The first kappa shape index (κ1) is 175.